The standard InChI is InChI=1S/C21H17BrN4O4/c22-13-1-3-14(4-2-13)26-20(29)17(19(28)25-21(26)30)11-23-8-7-12-10-24-18-6-5-15(27)9-16(12)18/h1-6,9-11,17,24,27H,7-8H2,(H,25,28,30)/p+1/t17-/m1/s1. The van der Waals surface area contributed by atoms with Gasteiger partial charge >= 0.3 is 6.03 Å². The molecular formula is C21H18BrN4O4+. The van der Waals surface area contributed by atoms with E-state index < -0.39 is 23.8 Å². The molecule has 0 aliphatic carbocycles. The zero-order valence-electron chi connectivity index (χ0n) is 15.7. The van der Waals surface area contributed by atoms with Gasteiger partial charge in [0.05, 0.1) is 5.69 Å². The topological polar surface area (TPSA) is 116 Å². The van der Waals surface area contributed by atoms with Crippen LogP contribution in [-0.4, -0.2) is 40.7 Å². The van der Waals surface area contributed by atoms with E-state index in [-0.39, 0.29) is 5.75 Å². The molecule has 1 saturated heterocycles. The highest BCUT2D eigenvalue weighted by Crippen LogP contribution is 2.23. The summed E-state index contributed by atoms with van der Waals surface area (Å²) in [5, 5.41) is 12.8. The minimum Gasteiger partial charge on any atom is -0.508 e. The van der Waals surface area contributed by atoms with Gasteiger partial charge in [0, 0.05) is 28.0 Å². The van der Waals surface area contributed by atoms with Crippen LogP contribution in [-0.2, 0) is 16.0 Å². The number of H-pyrrole nitrogens is 1. The van der Waals surface area contributed by atoms with Crippen molar-refractivity contribution in [3.8, 4) is 5.75 Å². The molecule has 9 heteroatoms. The number of amides is 4. The first-order valence-corrected chi connectivity index (χ1v) is 10.0. The van der Waals surface area contributed by atoms with E-state index in [1.54, 1.807) is 42.5 Å². The van der Waals surface area contributed by atoms with E-state index in [1.165, 1.54) is 6.21 Å². The van der Waals surface area contributed by atoms with Gasteiger partial charge in [0.25, 0.3) is 11.8 Å². The number of aromatic nitrogens is 1. The van der Waals surface area contributed by atoms with Crippen molar-refractivity contribution in [2.24, 2.45) is 5.92 Å². The molecule has 4 amide bonds. The normalized spacial score (nSPS) is 17.2. The molecule has 4 rings (SSSR count). The van der Waals surface area contributed by atoms with Gasteiger partial charge in [-0.1, -0.05) is 15.9 Å². The van der Waals surface area contributed by atoms with Crippen molar-refractivity contribution in [1.29, 1.82) is 0 Å². The third-order valence-electron chi connectivity index (χ3n) is 4.86. The van der Waals surface area contributed by atoms with E-state index >= 15 is 0 Å². The van der Waals surface area contributed by atoms with Crippen molar-refractivity contribution in [3.63, 3.8) is 0 Å². The van der Waals surface area contributed by atoms with E-state index in [1.807, 2.05) is 6.20 Å². The summed E-state index contributed by atoms with van der Waals surface area (Å²) in [5.74, 6) is -2.22. The van der Waals surface area contributed by atoms with Crippen LogP contribution in [0.25, 0.3) is 10.9 Å². The van der Waals surface area contributed by atoms with Crippen LogP contribution in [0.4, 0.5) is 10.5 Å². The van der Waals surface area contributed by atoms with Gasteiger partial charge in [-0.15, -0.1) is 0 Å². The van der Waals surface area contributed by atoms with Gasteiger partial charge in [-0.25, -0.2) is 9.69 Å². The van der Waals surface area contributed by atoms with Crippen molar-refractivity contribution in [2.45, 2.75) is 6.42 Å². The largest absolute Gasteiger partial charge is 0.508 e. The predicted molar refractivity (Wildman–Crippen MR) is 114 cm³/mol. The first-order valence-electron chi connectivity index (χ1n) is 9.24. The number of rotatable bonds is 5. The first kappa shape index (κ1) is 19.8. The lowest BCUT2D eigenvalue weighted by molar-refractivity contribution is -0.452. The van der Waals surface area contributed by atoms with Gasteiger partial charge in [0.1, 0.15) is 12.3 Å². The number of urea groups is 1. The minimum atomic E-state index is -1.13. The summed E-state index contributed by atoms with van der Waals surface area (Å²) in [6, 6.07) is 11.0. The van der Waals surface area contributed by atoms with Gasteiger partial charge < -0.3 is 10.1 Å². The van der Waals surface area contributed by atoms with Crippen LogP contribution in [0.15, 0.2) is 53.1 Å². The van der Waals surface area contributed by atoms with E-state index in [9.17, 15) is 19.5 Å². The molecule has 3 aromatic rings. The second-order valence-electron chi connectivity index (χ2n) is 6.84. The quantitative estimate of drug-likeness (QED) is 0.332. The summed E-state index contributed by atoms with van der Waals surface area (Å²) in [7, 11) is 0. The highest BCUT2D eigenvalue weighted by atomic mass is 79.9. The van der Waals surface area contributed by atoms with Crippen LogP contribution >= 0.6 is 15.9 Å². The molecule has 1 aromatic heterocycles. The molecule has 4 N–H and O–H groups in total. The number of anilines is 1. The van der Waals surface area contributed by atoms with Crippen LogP contribution in [0.1, 0.15) is 5.56 Å². The average Bonchev–Trinajstić information content (AvgIpc) is 3.10. The molecule has 8 nitrogen and oxygen atoms in total. The van der Waals surface area contributed by atoms with Crippen molar-refractivity contribution >= 4 is 56.6 Å². The summed E-state index contributed by atoms with van der Waals surface area (Å²) in [4.78, 5) is 44.3. The Labute approximate surface area is 179 Å². The highest BCUT2D eigenvalue weighted by molar-refractivity contribution is 9.10. The van der Waals surface area contributed by atoms with E-state index in [0.29, 0.717) is 18.7 Å². The number of hydrogen-bond donors (Lipinski definition) is 4. The van der Waals surface area contributed by atoms with Gasteiger partial charge in [0.2, 0.25) is 0 Å². The van der Waals surface area contributed by atoms with E-state index in [0.717, 1.165) is 25.8 Å². The predicted octanol–water partition coefficient (Wildman–Crippen LogP) is 1.23. The van der Waals surface area contributed by atoms with Crippen molar-refractivity contribution < 1.29 is 24.5 Å². The number of aromatic hydroxyl groups is 1. The summed E-state index contributed by atoms with van der Waals surface area (Å²) in [5.41, 5.74) is 2.29. The Kier molecular flexibility index (Phi) is 5.37. The Morgan fingerprint density at radius 2 is 1.90 bits per heavy atom. The Balaban J connectivity index is 1.47. The van der Waals surface area contributed by atoms with Crippen molar-refractivity contribution in [2.75, 3.05) is 11.4 Å². The molecule has 0 radical (unpaired) electrons. The molecule has 152 valence electrons. The molecule has 0 unspecified atom stereocenters. The number of aromatic amines is 1. The number of phenolic OH excluding ortho intramolecular Hbond substituents is 1. The summed E-state index contributed by atoms with van der Waals surface area (Å²) < 4.78 is 0.808. The number of hydrogen-bond acceptors (Lipinski definition) is 4. The fourth-order valence-corrected chi connectivity index (χ4v) is 3.62. The van der Waals surface area contributed by atoms with E-state index in [2.05, 4.69) is 31.2 Å². The number of carbonyl (C=O) groups excluding carboxylic acids is 3. The lowest BCUT2D eigenvalue weighted by atomic mass is 10.1. The molecule has 2 aromatic carbocycles. The molecule has 0 bridgehead atoms. The summed E-state index contributed by atoms with van der Waals surface area (Å²) in [6.45, 7) is 0.464. The zero-order valence-corrected chi connectivity index (χ0v) is 17.3. The number of barbiturate groups is 1. The van der Waals surface area contributed by atoms with Crippen molar-refractivity contribution in [3.05, 3.63) is 58.7 Å². The number of imide groups is 2. The lowest BCUT2D eigenvalue weighted by Gasteiger charge is -2.27. The maximum absolute atomic E-state index is 12.8. The molecule has 30 heavy (non-hydrogen) atoms. The maximum Gasteiger partial charge on any atom is 0.335 e. The monoisotopic (exact) mass is 469 g/mol. The van der Waals surface area contributed by atoms with Gasteiger partial charge in [0.15, 0.2) is 12.1 Å². The molecular weight excluding hydrogens is 452 g/mol. The first-order chi connectivity index (χ1) is 14.4. The Bertz CT molecular complexity index is 1170. The molecule has 0 spiro atoms. The Hall–Kier alpha value is -3.46. The number of nitrogens with one attached hydrogen (secondary N) is 3. The highest BCUT2D eigenvalue weighted by Gasteiger charge is 2.42. The van der Waals surface area contributed by atoms with Crippen LogP contribution < -0.4 is 15.2 Å². The Morgan fingerprint density at radius 3 is 2.67 bits per heavy atom. The smallest absolute Gasteiger partial charge is 0.335 e. The lowest BCUT2D eigenvalue weighted by Crippen LogP contribution is -2.73. The second kappa shape index (κ2) is 8.11. The number of benzene rings is 2. The molecule has 1 aliphatic heterocycles. The zero-order chi connectivity index (χ0) is 21.3. The number of fused-ring (bicyclic) bond motifs is 1. The average molecular weight is 470 g/mol. The molecule has 1 aliphatic rings. The summed E-state index contributed by atoms with van der Waals surface area (Å²) in [6.07, 6.45) is 3.87. The number of nitrogens with zero attached hydrogens (tertiary/aromatic N) is 1. The second-order valence-corrected chi connectivity index (χ2v) is 7.75. The molecule has 0 saturated carbocycles. The Morgan fingerprint density at radius 1 is 1.13 bits per heavy atom. The van der Waals surface area contributed by atoms with Crippen LogP contribution in [0.2, 0.25) is 0 Å². The minimum absolute atomic E-state index is 0.185. The van der Waals surface area contributed by atoms with Gasteiger partial charge in [-0.3, -0.25) is 19.9 Å². The van der Waals surface area contributed by atoms with Crippen LogP contribution in [0.3, 0.4) is 0 Å². The molecule has 2 heterocycles. The fraction of sp³-hybridized carbons (Fsp3) is 0.143. The molecule has 1 atom stereocenters. The van der Waals surface area contributed by atoms with Crippen molar-refractivity contribution in [1.82, 2.24) is 10.3 Å². The third-order valence-corrected chi connectivity index (χ3v) is 5.39. The number of halogens is 1. The number of carbonyl (C=O) groups is 3. The fourth-order valence-electron chi connectivity index (χ4n) is 3.35. The third kappa shape index (κ3) is 3.84. The van der Waals surface area contributed by atoms with Gasteiger partial charge in [-0.05, 0) is 48.0 Å². The van der Waals surface area contributed by atoms with Crippen LogP contribution in [0, 0.1) is 5.92 Å². The summed E-state index contributed by atoms with van der Waals surface area (Å²) >= 11 is 3.31. The number of phenols is 1. The van der Waals surface area contributed by atoms with E-state index in [4.69, 9.17) is 0 Å². The van der Waals surface area contributed by atoms with Gasteiger partial charge in [-0.2, -0.15) is 0 Å². The molecule has 1 fully saturated rings. The maximum atomic E-state index is 12.8. The van der Waals surface area contributed by atoms with Crippen LogP contribution in [0.5, 0.6) is 5.75 Å². The SMILES string of the molecule is O=C1NC(=O)N(c2ccc(Br)cc2)C(=O)[C@@H]1C=[NH+]CCc1c[nH]c2ccc(O)cc12.